The summed E-state index contributed by atoms with van der Waals surface area (Å²) in [5.74, 6) is 1.44. The average Bonchev–Trinajstić information content (AvgIpc) is 2.77. The molecule has 3 rings (SSSR count). The Kier molecular flexibility index (Phi) is 2.72. The van der Waals surface area contributed by atoms with E-state index in [9.17, 15) is 0 Å². The number of nitrogens with one attached hydrogen (secondary N) is 1. The van der Waals surface area contributed by atoms with Gasteiger partial charge in [-0.05, 0) is 26.0 Å². The topological polar surface area (TPSA) is 93.4 Å². The summed E-state index contributed by atoms with van der Waals surface area (Å²) < 4.78 is 0. The second-order valence-electron chi connectivity index (χ2n) is 4.54. The second kappa shape index (κ2) is 4.40. The molecule has 0 aliphatic rings. The number of benzene rings is 1. The molecule has 3 N–H and O–H groups in total. The van der Waals surface area contributed by atoms with Crippen LogP contribution in [0.25, 0.3) is 22.3 Å². The van der Waals surface area contributed by atoms with Crippen molar-refractivity contribution < 1.29 is 0 Å². The van der Waals surface area contributed by atoms with E-state index in [-0.39, 0.29) is 6.04 Å². The number of rotatable bonds is 2. The average molecular weight is 254 g/mol. The van der Waals surface area contributed by atoms with Gasteiger partial charge in [0.1, 0.15) is 11.5 Å². The molecule has 0 aliphatic heterocycles. The molecule has 6 heteroatoms. The van der Waals surface area contributed by atoms with Gasteiger partial charge in [0.2, 0.25) is 0 Å². The number of aryl methyl sites for hydroxylation is 1. The molecule has 96 valence electrons. The van der Waals surface area contributed by atoms with Crippen molar-refractivity contribution >= 4 is 11.0 Å². The fourth-order valence-electron chi connectivity index (χ4n) is 1.92. The van der Waals surface area contributed by atoms with Crippen molar-refractivity contribution in [1.29, 1.82) is 0 Å². The molecule has 1 unspecified atom stereocenters. The summed E-state index contributed by atoms with van der Waals surface area (Å²) in [4.78, 5) is 11.8. The Morgan fingerprint density at radius 2 is 2.11 bits per heavy atom. The largest absolute Gasteiger partial charge is 0.342 e. The van der Waals surface area contributed by atoms with Crippen LogP contribution in [0.2, 0.25) is 0 Å². The molecular formula is C13H14N6. The van der Waals surface area contributed by atoms with Gasteiger partial charge in [-0.25, -0.2) is 9.97 Å². The number of aromatic nitrogens is 5. The zero-order chi connectivity index (χ0) is 13.4. The van der Waals surface area contributed by atoms with Gasteiger partial charge in [-0.2, -0.15) is 0 Å². The smallest absolute Gasteiger partial charge is 0.167 e. The van der Waals surface area contributed by atoms with Crippen LogP contribution in [-0.4, -0.2) is 25.1 Å². The first-order chi connectivity index (χ1) is 9.13. The van der Waals surface area contributed by atoms with Gasteiger partial charge in [-0.1, -0.05) is 6.07 Å². The van der Waals surface area contributed by atoms with E-state index in [0.717, 1.165) is 28.1 Å². The molecule has 6 nitrogen and oxygen atoms in total. The molecule has 0 spiro atoms. The molecule has 0 amide bonds. The minimum Gasteiger partial charge on any atom is -0.342 e. The van der Waals surface area contributed by atoms with E-state index in [1.807, 2.05) is 32.0 Å². The van der Waals surface area contributed by atoms with E-state index in [2.05, 4.69) is 25.1 Å². The van der Waals surface area contributed by atoms with Crippen molar-refractivity contribution in [3.63, 3.8) is 0 Å². The molecule has 1 atom stereocenters. The number of hydrogen-bond acceptors (Lipinski definition) is 5. The highest BCUT2D eigenvalue weighted by molar-refractivity contribution is 5.80. The van der Waals surface area contributed by atoms with E-state index in [4.69, 9.17) is 5.73 Å². The first-order valence-electron chi connectivity index (χ1n) is 6.05. The number of imidazole rings is 1. The van der Waals surface area contributed by atoms with Gasteiger partial charge in [0.05, 0.1) is 23.3 Å². The van der Waals surface area contributed by atoms with E-state index in [1.54, 1.807) is 6.20 Å². The van der Waals surface area contributed by atoms with Crippen LogP contribution in [0.4, 0.5) is 0 Å². The maximum Gasteiger partial charge on any atom is 0.167 e. The van der Waals surface area contributed by atoms with E-state index >= 15 is 0 Å². The van der Waals surface area contributed by atoms with Crippen LogP contribution in [0.5, 0.6) is 0 Å². The Balaban J connectivity index is 2.03. The van der Waals surface area contributed by atoms with Gasteiger partial charge >= 0.3 is 0 Å². The van der Waals surface area contributed by atoms with E-state index < -0.39 is 0 Å². The monoisotopic (exact) mass is 254 g/mol. The Labute approximate surface area is 110 Å². The summed E-state index contributed by atoms with van der Waals surface area (Å²) in [7, 11) is 0. The molecule has 0 fully saturated rings. The number of hydrogen-bond donors (Lipinski definition) is 2. The Hall–Kier alpha value is -2.34. The van der Waals surface area contributed by atoms with Crippen molar-refractivity contribution in [3.05, 3.63) is 36.0 Å². The Morgan fingerprint density at radius 1 is 1.26 bits per heavy atom. The normalized spacial score (nSPS) is 12.8. The van der Waals surface area contributed by atoms with E-state index in [1.165, 1.54) is 0 Å². The summed E-state index contributed by atoms with van der Waals surface area (Å²) in [6.45, 7) is 3.76. The molecule has 2 heterocycles. The number of nitrogens with zero attached hydrogens (tertiary/aromatic N) is 4. The number of aromatic amines is 1. The number of H-pyrrole nitrogens is 1. The summed E-state index contributed by atoms with van der Waals surface area (Å²) >= 11 is 0. The van der Waals surface area contributed by atoms with Gasteiger partial charge in [-0.15, -0.1) is 10.2 Å². The quantitative estimate of drug-likeness (QED) is 0.726. The van der Waals surface area contributed by atoms with E-state index in [0.29, 0.717) is 5.82 Å². The molecule has 0 bridgehead atoms. The second-order valence-corrected chi connectivity index (χ2v) is 4.54. The number of nitrogens with two attached hydrogens (primary N) is 1. The predicted molar refractivity (Wildman–Crippen MR) is 72.3 cm³/mol. The third-order valence-corrected chi connectivity index (χ3v) is 2.88. The van der Waals surface area contributed by atoms with Crippen LogP contribution in [0.3, 0.4) is 0 Å². The van der Waals surface area contributed by atoms with Crippen LogP contribution in [0, 0.1) is 6.92 Å². The summed E-state index contributed by atoms with van der Waals surface area (Å²) in [5, 5.41) is 8.18. The van der Waals surface area contributed by atoms with Crippen LogP contribution in [0.15, 0.2) is 24.4 Å². The van der Waals surface area contributed by atoms with Gasteiger partial charge in [-0.3, -0.25) is 0 Å². The third-order valence-electron chi connectivity index (χ3n) is 2.88. The fraction of sp³-hybridized carbons (Fsp3) is 0.231. The van der Waals surface area contributed by atoms with Crippen LogP contribution >= 0.6 is 0 Å². The highest BCUT2D eigenvalue weighted by atomic mass is 15.2. The zero-order valence-corrected chi connectivity index (χ0v) is 10.8. The lowest BCUT2D eigenvalue weighted by atomic mass is 10.1. The predicted octanol–water partition coefficient (Wildman–Crippen LogP) is 1.74. The first kappa shape index (κ1) is 11.7. The molecule has 0 aliphatic carbocycles. The molecule has 19 heavy (non-hydrogen) atoms. The Morgan fingerprint density at radius 3 is 2.79 bits per heavy atom. The molecular weight excluding hydrogens is 240 g/mol. The minimum absolute atomic E-state index is 0.209. The van der Waals surface area contributed by atoms with Gasteiger partial charge < -0.3 is 10.7 Å². The summed E-state index contributed by atoms with van der Waals surface area (Å²) in [6, 6.07) is 5.70. The number of fused-ring (bicyclic) bond motifs is 1. The highest BCUT2D eigenvalue weighted by Gasteiger charge is 2.07. The SMILES string of the molecule is Cc1nc2ccc(-c3cnc(C(C)N)nn3)cc2[nH]1. The molecule has 1 aromatic carbocycles. The van der Waals surface area contributed by atoms with Crippen LogP contribution in [0.1, 0.15) is 24.6 Å². The van der Waals surface area contributed by atoms with Crippen molar-refractivity contribution in [3.8, 4) is 11.3 Å². The third kappa shape index (κ3) is 2.17. The zero-order valence-electron chi connectivity index (χ0n) is 10.8. The standard InChI is InChI=1S/C13H14N6/c1-7(14)13-15-6-12(18-19-13)9-3-4-10-11(5-9)17-8(2)16-10/h3-7H,14H2,1-2H3,(H,16,17). The highest BCUT2D eigenvalue weighted by Crippen LogP contribution is 2.21. The summed E-state index contributed by atoms with van der Waals surface area (Å²) in [6.07, 6.45) is 1.69. The molecule has 0 saturated heterocycles. The summed E-state index contributed by atoms with van der Waals surface area (Å²) in [5.41, 5.74) is 9.29. The maximum atomic E-state index is 5.70. The van der Waals surface area contributed by atoms with Gasteiger partial charge in [0.25, 0.3) is 0 Å². The van der Waals surface area contributed by atoms with Crippen LogP contribution < -0.4 is 5.73 Å². The minimum atomic E-state index is -0.209. The molecule has 3 aromatic rings. The lowest BCUT2D eigenvalue weighted by Gasteiger charge is -2.03. The van der Waals surface area contributed by atoms with Crippen LogP contribution in [-0.2, 0) is 0 Å². The van der Waals surface area contributed by atoms with Crippen molar-refractivity contribution in [1.82, 2.24) is 25.1 Å². The lowest BCUT2D eigenvalue weighted by molar-refractivity contribution is 0.709. The first-order valence-corrected chi connectivity index (χ1v) is 6.05. The van der Waals surface area contributed by atoms with Gasteiger partial charge in [0.15, 0.2) is 5.82 Å². The van der Waals surface area contributed by atoms with Crippen molar-refractivity contribution in [2.45, 2.75) is 19.9 Å². The fourth-order valence-corrected chi connectivity index (χ4v) is 1.92. The van der Waals surface area contributed by atoms with Crippen molar-refractivity contribution in [2.24, 2.45) is 5.73 Å². The molecule has 0 saturated carbocycles. The Bertz CT molecular complexity index is 714. The lowest BCUT2D eigenvalue weighted by Crippen LogP contribution is -2.10. The van der Waals surface area contributed by atoms with Gasteiger partial charge in [0, 0.05) is 5.56 Å². The molecule has 2 aromatic heterocycles. The van der Waals surface area contributed by atoms with Crippen molar-refractivity contribution in [2.75, 3.05) is 0 Å². The maximum absolute atomic E-state index is 5.70. The molecule has 0 radical (unpaired) electrons.